The Morgan fingerprint density at radius 3 is 2.80 bits per heavy atom. The first kappa shape index (κ1) is 14.4. The summed E-state index contributed by atoms with van der Waals surface area (Å²) in [6.45, 7) is 0. The van der Waals surface area contributed by atoms with Crippen LogP contribution in [-0.2, 0) is 17.6 Å². The second kappa shape index (κ2) is 6.03. The van der Waals surface area contributed by atoms with Crippen molar-refractivity contribution in [2.75, 3.05) is 16.8 Å². The van der Waals surface area contributed by atoms with Crippen LogP contribution in [0.15, 0.2) is 0 Å². The van der Waals surface area contributed by atoms with Crippen molar-refractivity contribution >= 4 is 34.1 Å². The fraction of sp³-hybridized carbons (Fsp3) is 0.714. The average molecular weight is 312 g/mol. The Bertz CT molecular complexity index is 470. The third-order valence-electron chi connectivity index (χ3n) is 3.99. The molecule has 0 bridgehead atoms. The highest BCUT2D eigenvalue weighted by Gasteiger charge is 2.39. The number of rotatable bonds is 2. The molecule has 0 radical (unpaired) electrons. The van der Waals surface area contributed by atoms with Gasteiger partial charge in [0.2, 0.25) is 0 Å². The molecule has 110 valence electrons. The van der Waals surface area contributed by atoms with Crippen molar-refractivity contribution in [1.29, 1.82) is 0 Å². The molecular formula is C14H20N2O2S2. The monoisotopic (exact) mass is 312 g/mol. The highest BCUT2D eigenvalue weighted by atomic mass is 32.2. The summed E-state index contributed by atoms with van der Waals surface area (Å²) in [5.74, 6) is 1.05. The lowest BCUT2D eigenvalue weighted by Crippen LogP contribution is -2.42. The van der Waals surface area contributed by atoms with E-state index < -0.39 is 5.60 Å². The molecule has 1 unspecified atom stereocenters. The first-order valence-corrected chi connectivity index (χ1v) is 9.25. The van der Waals surface area contributed by atoms with E-state index in [0.717, 1.165) is 24.3 Å². The van der Waals surface area contributed by atoms with Gasteiger partial charge < -0.3 is 5.11 Å². The maximum atomic E-state index is 12.2. The zero-order valence-corrected chi connectivity index (χ0v) is 13.1. The summed E-state index contributed by atoms with van der Waals surface area (Å²) in [7, 11) is 0. The van der Waals surface area contributed by atoms with Gasteiger partial charge in [0.15, 0.2) is 10.7 Å². The Balaban J connectivity index is 1.71. The highest BCUT2D eigenvalue weighted by molar-refractivity contribution is 7.99. The minimum atomic E-state index is -1.20. The number of nitrogens with one attached hydrogen (secondary N) is 1. The summed E-state index contributed by atoms with van der Waals surface area (Å²) in [4.78, 5) is 18.1. The molecule has 1 aromatic rings. The maximum Gasteiger partial charge on any atom is 0.259 e. The molecule has 0 saturated carbocycles. The highest BCUT2D eigenvalue weighted by Crippen LogP contribution is 2.32. The Kier molecular flexibility index (Phi) is 4.33. The summed E-state index contributed by atoms with van der Waals surface area (Å²) in [5, 5.41) is 13.7. The number of thioether (sulfide) groups is 1. The molecule has 1 aromatic heterocycles. The van der Waals surface area contributed by atoms with Crippen molar-refractivity contribution < 1.29 is 9.90 Å². The van der Waals surface area contributed by atoms with Crippen LogP contribution in [0.5, 0.6) is 0 Å². The molecule has 4 nitrogen and oxygen atoms in total. The number of nitrogens with zero attached hydrogens (tertiary/aromatic N) is 1. The van der Waals surface area contributed by atoms with E-state index in [4.69, 9.17) is 0 Å². The van der Waals surface area contributed by atoms with Crippen molar-refractivity contribution in [1.82, 2.24) is 4.98 Å². The molecule has 2 N–H and O–H groups in total. The minimum Gasteiger partial charge on any atom is -0.379 e. The Morgan fingerprint density at radius 2 is 2.05 bits per heavy atom. The Morgan fingerprint density at radius 1 is 1.25 bits per heavy atom. The first-order chi connectivity index (χ1) is 9.67. The number of hydrogen-bond donors (Lipinski definition) is 2. The fourth-order valence-corrected chi connectivity index (χ4v) is 4.99. The molecule has 20 heavy (non-hydrogen) atoms. The van der Waals surface area contributed by atoms with Gasteiger partial charge >= 0.3 is 0 Å². The van der Waals surface area contributed by atoms with Gasteiger partial charge in [-0.15, -0.1) is 11.3 Å². The molecule has 1 saturated heterocycles. The van der Waals surface area contributed by atoms with E-state index in [1.807, 2.05) is 0 Å². The predicted molar refractivity (Wildman–Crippen MR) is 83.5 cm³/mol. The van der Waals surface area contributed by atoms with Gasteiger partial charge in [-0.1, -0.05) is 12.8 Å². The van der Waals surface area contributed by atoms with Crippen LogP contribution < -0.4 is 5.32 Å². The molecule has 0 aromatic carbocycles. The molecule has 2 aliphatic rings. The van der Waals surface area contributed by atoms with Crippen molar-refractivity contribution in [3.63, 3.8) is 0 Å². The van der Waals surface area contributed by atoms with E-state index in [0.29, 0.717) is 17.3 Å². The molecule has 1 aliphatic heterocycles. The van der Waals surface area contributed by atoms with Gasteiger partial charge in [-0.2, -0.15) is 11.8 Å². The van der Waals surface area contributed by atoms with Crippen LogP contribution in [0.25, 0.3) is 0 Å². The van der Waals surface area contributed by atoms with Crippen molar-refractivity contribution in [2.24, 2.45) is 0 Å². The molecule has 1 atom stereocenters. The van der Waals surface area contributed by atoms with Crippen LogP contribution in [0.1, 0.15) is 42.7 Å². The quantitative estimate of drug-likeness (QED) is 0.881. The number of anilines is 1. The summed E-state index contributed by atoms with van der Waals surface area (Å²) < 4.78 is 0. The van der Waals surface area contributed by atoms with E-state index in [9.17, 15) is 9.90 Å². The lowest BCUT2D eigenvalue weighted by Gasteiger charge is -2.18. The molecule has 2 heterocycles. The van der Waals surface area contributed by atoms with Crippen LogP contribution in [-0.4, -0.2) is 33.1 Å². The topological polar surface area (TPSA) is 62.2 Å². The third-order valence-corrected chi connectivity index (χ3v) is 6.24. The van der Waals surface area contributed by atoms with Gasteiger partial charge in [0.05, 0.1) is 5.69 Å². The second-order valence-electron chi connectivity index (χ2n) is 5.59. The van der Waals surface area contributed by atoms with Crippen molar-refractivity contribution in [3.8, 4) is 0 Å². The van der Waals surface area contributed by atoms with E-state index >= 15 is 0 Å². The standard InChI is InChI=1S/C14H20N2O2S2/c17-12(14(18)7-8-19-9-14)16-13-15-10-5-3-1-2-4-6-11(10)20-13/h18H,1-9H2,(H,15,16,17). The molecule has 6 heteroatoms. The smallest absolute Gasteiger partial charge is 0.259 e. The number of aromatic nitrogens is 1. The number of aryl methyl sites for hydroxylation is 2. The third kappa shape index (κ3) is 3.02. The summed E-state index contributed by atoms with van der Waals surface area (Å²) in [5.41, 5.74) is -0.0530. The fourth-order valence-electron chi connectivity index (χ4n) is 2.71. The van der Waals surface area contributed by atoms with Crippen LogP contribution in [0, 0.1) is 0 Å². The largest absolute Gasteiger partial charge is 0.379 e. The van der Waals surface area contributed by atoms with Crippen molar-refractivity contribution in [2.45, 2.75) is 50.5 Å². The van der Waals surface area contributed by atoms with E-state index in [-0.39, 0.29) is 5.91 Å². The predicted octanol–water partition coefficient (Wildman–Crippen LogP) is 2.61. The normalized spacial score (nSPS) is 26.6. The van der Waals surface area contributed by atoms with Crippen LogP contribution in [0.4, 0.5) is 5.13 Å². The van der Waals surface area contributed by atoms with Gasteiger partial charge in [-0.05, 0) is 37.9 Å². The minimum absolute atomic E-state index is 0.288. The number of thiazole rings is 1. The second-order valence-corrected chi connectivity index (χ2v) is 7.78. The number of carbonyl (C=O) groups is 1. The van der Waals surface area contributed by atoms with E-state index in [1.54, 1.807) is 23.1 Å². The lowest BCUT2D eigenvalue weighted by atomic mass is 10.0. The average Bonchev–Trinajstić information content (AvgIpc) is 2.98. The van der Waals surface area contributed by atoms with Gasteiger partial charge in [-0.25, -0.2) is 4.98 Å². The maximum absolute atomic E-state index is 12.2. The summed E-state index contributed by atoms with van der Waals surface area (Å²) in [6, 6.07) is 0. The van der Waals surface area contributed by atoms with Gasteiger partial charge in [0, 0.05) is 10.6 Å². The molecule has 1 aliphatic carbocycles. The van der Waals surface area contributed by atoms with Gasteiger partial charge in [0.1, 0.15) is 0 Å². The molecular weight excluding hydrogens is 292 g/mol. The molecule has 1 amide bonds. The number of hydrogen-bond acceptors (Lipinski definition) is 5. The zero-order chi connectivity index (χ0) is 14.0. The number of aliphatic hydroxyl groups is 1. The summed E-state index contributed by atoms with van der Waals surface area (Å²) in [6.07, 6.45) is 7.58. The van der Waals surface area contributed by atoms with Crippen LogP contribution in [0.2, 0.25) is 0 Å². The molecule has 3 rings (SSSR count). The SMILES string of the molecule is O=C(Nc1nc2c(s1)CCCCCC2)C1(O)CCSC1. The van der Waals surface area contributed by atoms with Gasteiger partial charge in [-0.3, -0.25) is 10.1 Å². The van der Waals surface area contributed by atoms with E-state index in [2.05, 4.69) is 10.3 Å². The zero-order valence-electron chi connectivity index (χ0n) is 11.5. The number of carbonyl (C=O) groups excluding carboxylic acids is 1. The van der Waals surface area contributed by atoms with Crippen molar-refractivity contribution in [3.05, 3.63) is 10.6 Å². The summed E-state index contributed by atoms with van der Waals surface area (Å²) >= 11 is 3.21. The Labute approximate surface area is 127 Å². The number of fused-ring (bicyclic) bond motifs is 1. The van der Waals surface area contributed by atoms with Crippen LogP contribution >= 0.6 is 23.1 Å². The van der Waals surface area contributed by atoms with E-state index in [1.165, 1.54) is 30.6 Å². The molecule has 1 fully saturated rings. The Hall–Kier alpha value is -0.590. The van der Waals surface area contributed by atoms with Gasteiger partial charge in [0.25, 0.3) is 5.91 Å². The lowest BCUT2D eigenvalue weighted by molar-refractivity contribution is -0.131. The first-order valence-electron chi connectivity index (χ1n) is 7.27. The number of amides is 1. The molecule has 0 spiro atoms. The van der Waals surface area contributed by atoms with Crippen LogP contribution in [0.3, 0.4) is 0 Å².